The van der Waals surface area contributed by atoms with Gasteiger partial charge in [0.05, 0.1) is 18.4 Å². The molecule has 1 fully saturated rings. The Hall–Kier alpha value is -1.37. The molecule has 118 valence electrons. The van der Waals surface area contributed by atoms with E-state index in [9.17, 15) is 0 Å². The van der Waals surface area contributed by atoms with Crippen molar-refractivity contribution in [2.24, 2.45) is 11.7 Å². The highest BCUT2D eigenvalue weighted by molar-refractivity contribution is 5.37. The Bertz CT molecular complexity index is 497. The van der Waals surface area contributed by atoms with Crippen LogP contribution in [0.5, 0.6) is 5.88 Å². The molecule has 21 heavy (non-hydrogen) atoms. The lowest BCUT2D eigenvalue weighted by Crippen LogP contribution is -2.31. The molecule has 0 unspecified atom stereocenters. The Kier molecular flexibility index (Phi) is 4.70. The third-order valence-electron chi connectivity index (χ3n) is 2.86. The Labute approximate surface area is 125 Å². The maximum Gasteiger partial charge on any atom is 0.224 e. The molecule has 6 nitrogen and oxygen atoms in total. The van der Waals surface area contributed by atoms with Gasteiger partial charge in [-0.05, 0) is 32.8 Å². The van der Waals surface area contributed by atoms with E-state index in [1.165, 1.54) is 0 Å². The van der Waals surface area contributed by atoms with E-state index in [0.717, 1.165) is 5.56 Å². The van der Waals surface area contributed by atoms with Gasteiger partial charge in [0.2, 0.25) is 5.88 Å². The summed E-state index contributed by atoms with van der Waals surface area (Å²) in [6, 6.07) is 0. The largest absolute Gasteiger partial charge is 0.477 e. The van der Waals surface area contributed by atoms with Crippen LogP contribution in [0, 0.1) is 5.92 Å². The van der Waals surface area contributed by atoms with Crippen molar-refractivity contribution in [3.05, 3.63) is 17.8 Å². The van der Waals surface area contributed by atoms with Gasteiger partial charge in [0.15, 0.2) is 12.6 Å². The van der Waals surface area contributed by atoms with Gasteiger partial charge in [-0.15, -0.1) is 0 Å². The highest BCUT2D eigenvalue weighted by Crippen LogP contribution is 2.37. The van der Waals surface area contributed by atoms with Gasteiger partial charge >= 0.3 is 0 Å². The second kappa shape index (κ2) is 6.17. The molecule has 2 rings (SSSR count). The van der Waals surface area contributed by atoms with Crippen LogP contribution < -0.4 is 10.5 Å². The van der Waals surface area contributed by atoms with Gasteiger partial charge < -0.3 is 19.9 Å². The maximum absolute atomic E-state index is 5.96. The molecule has 0 radical (unpaired) electrons. The van der Waals surface area contributed by atoms with Crippen LogP contribution in [0.15, 0.2) is 12.3 Å². The normalized spacial score (nSPS) is 22.8. The smallest absolute Gasteiger partial charge is 0.224 e. The molecule has 0 aromatic carbocycles. The summed E-state index contributed by atoms with van der Waals surface area (Å²) in [6.07, 6.45) is 4.79. The summed E-state index contributed by atoms with van der Waals surface area (Å²) in [7, 11) is 0. The Balaban J connectivity index is 2.21. The van der Waals surface area contributed by atoms with Gasteiger partial charge in [0.25, 0.3) is 0 Å². The Morgan fingerprint density at radius 3 is 2.67 bits per heavy atom. The third kappa shape index (κ3) is 4.30. The van der Waals surface area contributed by atoms with Crippen molar-refractivity contribution in [1.29, 1.82) is 0 Å². The predicted molar refractivity (Wildman–Crippen MR) is 80.5 cm³/mol. The minimum atomic E-state index is -0.417. The fourth-order valence-corrected chi connectivity index (χ4v) is 1.79. The highest BCUT2D eigenvalue weighted by atomic mass is 16.9. The molecule has 0 aliphatic carbocycles. The molecule has 2 heterocycles. The van der Waals surface area contributed by atoms with Crippen molar-refractivity contribution in [2.75, 3.05) is 6.61 Å². The first-order valence-corrected chi connectivity index (χ1v) is 7.25. The van der Waals surface area contributed by atoms with Crippen LogP contribution >= 0.6 is 0 Å². The number of nitrogens with zero attached hydrogens (tertiary/aromatic N) is 2. The molecule has 0 atom stereocenters. The van der Waals surface area contributed by atoms with Gasteiger partial charge in [0.1, 0.15) is 0 Å². The third-order valence-corrected chi connectivity index (χ3v) is 2.86. The molecule has 0 bridgehead atoms. The summed E-state index contributed by atoms with van der Waals surface area (Å²) < 4.78 is 18.6. The summed E-state index contributed by atoms with van der Waals surface area (Å²) >= 11 is 0. The maximum atomic E-state index is 5.96. The van der Waals surface area contributed by atoms with Crippen molar-refractivity contribution in [1.82, 2.24) is 9.78 Å². The molecule has 0 saturated carbocycles. The standard InChI is InChI=1S/C15H25N3O3/c1-10(2)9-19-13-12(14-20-11(3)21-14)8-17-18(13)7-6-15(4,5)16/h6-8,10-11,14H,9,16H2,1-5H3/b7-6+. The van der Waals surface area contributed by atoms with Crippen molar-refractivity contribution >= 4 is 6.20 Å². The van der Waals surface area contributed by atoms with E-state index >= 15 is 0 Å². The molecule has 1 aliphatic rings. The highest BCUT2D eigenvalue weighted by Gasteiger charge is 2.33. The molecular weight excluding hydrogens is 270 g/mol. The van der Waals surface area contributed by atoms with E-state index < -0.39 is 11.8 Å². The first-order valence-electron chi connectivity index (χ1n) is 7.25. The van der Waals surface area contributed by atoms with E-state index in [2.05, 4.69) is 18.9 Å². The minimum Gasteiger partial charge on any atom is -0.477 e. The lowest BCUT2D eigenvalue weighted by atomic mass is 10.1. The predicted octanol–water partition coefficient (Wildman–Crippen LogP) is 2.52. The van der Waals surface area contributed by atoms with E-state index in [0.29, 0.717) is 18.4 Å². The molecule has 0 amide bonds. The molecule has 6 heteroatoms. The molecular formula is C15H25N3O3. The van der Waals surface area contributed by atoms with Gasteiger partial charge in [-0.3, -0.25) is 0 Å². The first-order chi connectivity index (χ1) is 9.76. The average molecular weight is 295 g/mol. The zero-order valence-electron chi connectivity index (χ0n) is 13.4. The number of rotatable bonds is 6. The van der Waals surface area contributed by atoms with Crippen molar-refractivity contribution < 1.29 is 14.2 Å². The molecule has 0 spiro atoms. The number of hydrogen-bond acceptors (Lipinski definition) is 5. The molecule has 1 saturated heterocycles. The summed E-state index contributed by atoms with van der Waals surface area (Å²) in [5, 5.41) is 4.31. The number of nitrogens with two attached hydrogens (primary N) is 1. The second-order valence-corrected chi connectivity index (χ2v) is 6.36. The van der Waals surface area contributed by atoms with Gasteiger partial charge in [-0.2, -0.15) is 5.10 Å². The van der Waals surface area contributed by atoms with Gasteiger partial charge in [-0.1, -0.05) is 13.8 Å². The van der Waals surface area contributed by atoms with E-state index in [1.54, 1.807) is 17.1 Å². The van der Waals surface area contributed by atoms with Crippen molar-refractivity contribution in [2.45, 2.75) is 52.7 Å². The fourth-order valence-electron chi connectivity index (χ4n) is 1.79. The van der Waals surface area contributed by atoms with Crippen LogP contribution in [0.3, 0.4) is 0 Å². The lowest BCUT2D eigenvalue weighted by molar-refractivity contribution is -0.382. The van der Waals surface area contributed by atoms with E-state index in [1.807, 2.05) is 26.8 Å². The molecule has 1 aromatic heterocycles. The Morgan fingerprint density at radius 2 is 2.14 bits per heavy atom. The van der Waals surface area contributed by atoms with E-state index in [4.69, 9.17) is 19.9 Å². The zero-order valence-corrected chi connectivity index (χ0v) is 13.4. The van der Waals surface area contributed by atoms with E-state index in [-0.39, 0.29) is 6.29 Å². The minimum absolute atomic E-state index is 0.185. The summed E-state index contributed by atoms with van der Waals surface area (Å²) in [4.78, 5) is 0. The lowest BCUT2D eigenvalue weighted by Gasteiger charge is -2.33. The fraction of sp³-hybridized carbons (Fsp3) is 0.667. The van der Waals surface area contributed by atoms with Crippen LogP contribution in [0.2, 0.25) is 0 Å². The summed E-state index contributed by atoms with van der Waals surface area (Å²) in [5.74, 6) is 1.05. The van der Waals surface area contributed by atoms with Crippen LogP contribution in [0.1, 0.15) is 46.5 Å². The second-order valence-electron chi connectivity index (χ2n) is 6.36. The van der Waals surface area contributed by atoms with Crippen molar-refractivity contribution in [3.8, 4) is 5.88 Å². The molecule has 2 N–H and O–H groups in total. The van der Waals surface area contributed by atoms with Gasteiger partial charge in [0, 0.05) is 11.7 Å². The molecule has 1 aromatic rings. The molecule has 1 aliphatic heterocycles. The zero-order chi connectivity index (χ0) is 15.6. The number of hydrogen-bond donors (Lipinski definition) is 1. The summed E-state index contributed by atoms with van der Waals surface area (Å²) in [6.45, 7) is 10.5. The topological polar surface area (TPSA) is 71.5 Å². The Morgan fingerprint density at radius 1 is 1.48 bits per heavy atom. The van der Waals surface area contributed by atoms with Gasteiger partial charge in [-0.25, -0.2) is 4.68 Å². The van der Waals surface area contributed by atoms with Crippen LogP contribution in [0.25, 0.3) is 6.20 Å². The van der Waals surface area contributed by atoms with Crippen LogP contribution in [-0.2, 0) is 9.47 Å². The van der Waals surface area contributed by atoms with Crippen LogP contribution in [0.4, 0.5) is 0 Å². The number of aromatic nitrogens is 2. The van der Waals surface area contributed by atoms with Crippen LogP contribution in [-0.4, -0.2) is 28.2 Å². The monoisotopic (exact) mass is 295 g/mol. The summed E-state index contributed by atoms with van der Waals surface area (Å²) in [5.41, 5.74) is 6.34. The first kappa shape index (κ1) is 16.0. The van der Waals surface area contributed by atoms with Crippen molar-refractivity contribution in [3.63, 3.8) is 0 Å². The quantitative estimate of drug-likeness (QED) is 0.873. The SMILES string of the molecule is CC(C)COc1c(C2OC(C)O2)cnn1/C=C/C(C)(C)N. The average Bonchev–Trinajstić information content (AvgIpc) is 2.71. The number of ether oxygens (including phenoxy) is 3.